The molecule has 0 aromatic carbocycles. The van der Waals surface area contributed by atoms with Crippen LogP contribution in [-0.4, -0.2) is 68.6 Å². The molecule has 1 fully saturated rings. The minimum absolute atomic E-state index is 0.0323. The molecule has 1 aliphatic rings. The minimum atomic E-state index is -3.11. The Morgan fingerprint density at radius 2 is 1.68 bits per heavy atom. The molecule has 1 heterocycles. The highest BCUT2D eigenvalue weighted by Gasteiger charge is 2.24. The average molecular weight is 333 g/mol. The standard InChI is InChI=1S/C15H31N3O3S/c1-13(2)6-5-7-14(3)16-15(19)12-17-8-10-18(11-9-17)22(4,20)21/h13-14H,5-12H2,1-4H3,(H,16,19)/t14-/m0/s1. The maximum atomic E-state index is 12.0. The van der Waals surface area contributed by atoms with E-state index in [1.807, 2.05) is 11.8 Å². The predicted molar refractivity (Wildman–Crippen MR) is 89.2 cm³/mol. The summed E-state index contributed by atoms with van der Waals surface area (Å²) in [5.41, 5.74) is 0. The first-order valence-electron chi connectivity index (χ1n) is 8.15. The van der Waals surface area contributed by atoms with Crippen LogP contribution in [0.2, 0.25) is 0 Å². The Labute approximate surface area is 135 Å². The van der Waals surface area contributed by atoms with Gasteiger partial charge in [-0.25, -0.2) is 8.42 Å². The van der Waals surface area contributed by atoms with E-state index in [0.717, 1.165) is 12.8 Å². The fourth-order valence-electron chi connectivity index (χ4n) is 2.65. The van der Waals surface area contributed by atoms with Crippen molar-refractivity contribution in [3.8, 4) is 0 Å². The zero-order chi connectivity index (χ0) is 16.8. The number of hydrogen-bond acceptors (Lipinski definition) is 4. The van der Waals surface area contributed by atoms with Crippen molar-refractivity contribution in [1.29, 1.82) is 0 Å². The molecule has 7 heteroatoms. The molecule has 1 atom stereocenters. The molecular weight excluding hydrogens is 302 g/mol. The van der Waals surface area contributed by atoms with E-state index in [1.54, 1.807) is 0 Å². The van der Waals surface area contributed by atoms with E-state index in [4.69, 9.17) is 0 Å². The van der Waals surface area contributed by atoms with Crippen LogP contribution in [0.1, 0.15) is 40.0 Å². The molecule has 1 aliphatic heterocycles. The van der Waals surface area contributed by atoms with Crippen LogP contribution >= 0.6 is 0 Å². The number of carbonyl (C=O) groups excluding carboxylic acids is 1. The van der Waals surface area contributed by atoms with Gasteiger partial charge < -0.3 is 5.32 Å². The van der Waals surface area contributed by atoms with Crippen molar-refractivity contribution in [2.75, 3.05) is 39.0 Å². The minimum Gasteiger partial charge on any atom is -0.353 e. The van der Waals surface area contributed by atoms with Crippen LogP contribution in [0.5, 0.6) is 0 Å². The molecule has 6 nitrogen and oxygen atoms in total. The molecule has 0 aliphatic carbocycles. The fourth-order valence-corrected chi connectivity index (χ4v) is 3.47. The molecule has 130 valence electrons. The maximum Gasteiger partial charge on any atom is 0.234 e. The normalized spacial score (nSPS) is 19.3. The maximum absolute atomic E-state index is 12.0. The van der Waals surface area contributed by atoms with Gasteiger partial charge in [-0.15, -0.1) is 0 Å². The summed E-state index contributed by atoms with van der Waals surface area (Å²) in [6.07, 6.45) is 4.56. The van der Waals surface area contributed by atoms with Gasteiger partial charge in [0.05, 0.1) is 12.8 Å². The van der Waals surface area contributed by atoms with E-state index in [9.17, 15) is 13.2 Å². The quantitative estimate of drug-likeness (QED) is 0.716. The Hall–Kier alpha value is -0.660. The Morgan fingerprint density at radius 3 is 2.18 bits per heavy atom. The van der Waals surface area contributed by atoms with E-state index in [2.05, 4.69) is 19.2 Å². The summed E-state index contributed by atoms with van der Waals surface area (Å²) in [7, 11) is -3.11. The highest BCUT2D eigenvalue weighted by Crippen LogP contribution is 2.09. The van der Waals surface area contributed by atoms with Crippen molar-refractivity contribution < 1.29 is 13.2 Å². The lowest BCUT2D eigenvalue weighted by Gasteiger charge is -2.32. The Kier molecular flexibility index (Phi) is 7.79. The Morgan fingerprint density at radius 1 is 1.09 bits per heavy atom. The summed E-state index contributed by atoms with van der Waals surface area (Å²) < 4.78 is 24.3. The zero-order valence-electron chi connectivity index (χ0n) is 14.3. The lowest BCUT2D eigenvalue weighted by atomic mass is 10.0. The highest BCUT2D eigenvalue weighted by molar-refractivity contribution is 7.88. The number of amides is 1. The number of rotatable bonds is 8. The molecule has 0 spiro atoms. The molecule has 0 aromatic heterocycles. The van der Waals surface area contributed by atoms with Crippen LogP contribution in [0.4, 0.5) is 0 Å². The molecule has 0 radical (unpaired) electrons. The summed E-state index contributed by atoms with van der Waals surface area (Å²) in [6.45, 7) is 8.97. The molecular formula is C15H31N3O3S. The second-order valence-electron chi connectivity index (χ2n) is 6.73. The van der Waals surface area contributed by atoms with Crippen LogP contribution < -0.4 is 5.32 Å². The van der Waals surface area contributed by atoms with Crippen LogP contribution in [-0.2, 0) is 14.8 Å². The first kappa shape index (κ1) is 19.4. The van der Waals surface area contributed by atoms with Crippen molar-refractivity contribution in [2.45, 2.75) is 46.1 Å². The second kappa shape index (κ2) is 8.84. The van der Waals surface area contributed by atoms with Crippen molar-refractivity contribution in [2.24, 2.45) is 5.92 Å². The Balaban J connectivity index is 2.23. The average Bonchev–Trinajstić information content (AvgIpc) is 2.37. The topological polar surface area (TPSA) is 69.7 Å². The summed E-state index contributed by atoms with van der Waals surface area (Å²) in [5, 5.41) is 3.03. The number of hydrogen-bond donors (Lipinski definition) is 1. The van der Waals surface area contributed by atoms with E-state index in [-0.39, 0.29) is 11.9 Å². The fraction of sp³-hybridized carbons (Fsp3) is 0.933. The van der Waals surface area contributed by atoms with Gasteiger partial charge in [0.2, 0.25) is 15.9 Å². The molecule has 22 heavy (non-hydrogen) atoms. The van der Waals surface area contributed by atoms with Gasteiger partial charge >= 0.3 is 0 Å². The number of sulfonamides is 1. The van der Waals surface area contributed by atoms with Crippen LogP contribution in [0, 0.1) is 5.92 Å². The van der Waals surface area contributed by atoms with Gasteiger partial charge in [0.1, 0.15) is 0 Å². The van der Waals surface area contributed by atoms with Crippen molar-refractivity contribution >= 4 is 15.9 Å². The first-order chi connectivity index (χ1) is 10.2. The number of carbonyl (C=O) groups is 1. The van der Waals surface area contributed by atoms with Gasteiger partial charge in [0.15, 0.2) is 0 Å². The molecule has 0 aromatic rings. The van der Waals surface area contributed by atoms with E-state index < -0.39 is 10.0 Å². The zero-order valence-corrected chi connectivity index (χ0v) is 15.2. The third kappa shape index (κ3) is 7.56. The lowest BCUT2D eigenvalue weighted by molar-refractivity contribution is -0.123. The highest BCUT2D eigenvalue weighted by atomic mass is 32.2. The Bertz CT molecular complexity index is 443. The van der Waals surface area contributed by atoms with Crippen LogP contribution in [0.3, 0.4) is 0 Å². The van der Waals surface area contributed by atoms with Crippen molar-refractivity contribution in [1.82, 2.24) is 14.5 Å². The van der Waals surface area contributed by atoms with Crippen LogP contribution in [0.15, 0.2) is 0 Å². The van der Waals surface area contributed by atoms with Gasteiger partial charge in [-0.2, -0.15) is 4.31 Å². The number of nitrogens with one attached hydrogen (secondary N) is 1. The number of nitrogens with zero attached hydrogens (tertiary/aromatic N) is 2. The molecule has 1 rings (SSSR count). The predicted octanol–water partition coefficient (Wildman–Crippen LogP) is 0.895. The third-order valence-electron chi connectivity index (χ3n) is 3.99. The van der Waals surface area contributed by atoms with E-state index in [1.165, 1.54) is 17.0 Å². The molecule has 0 bridgehead atoms. The summed E-state index contributed by atoms with van der Waals surface area (Å²) in [6, 6.07) is 0.198. The molecule has 1 saturated heterocycles. The van der Waals surface area contributed by atoms with Gasteiger partial charge in [-0.05, 0) is 19.3 Å². The smallest absolute Gasteiger partial charge is 0.234 e. The molecule has 1 N–H and O–H groups in total. The van der Waals surface area contributed by atoms with Crippen LogP contribution in [0.25, 0.3) is 0 Å². The SMILES string of the molecule is CC(C)CCC[C@H](C)NC(=O)CN1CCN(S(C)(=O)=O)CC1. The van der Waals surface area contributed by atoms with Gasteiger partial charge in [0.25, 0.3) is 0 Å². The van der Waals surface area contributed by atoms with Crippen molar-refractivity contribution in [3.63, 3.8) is 0 Å². The van der Waals surface area contributed by atoms with E-state index in [0.29, 0.717) is 38.6 Å². The monoisotopic (exact) mass is 333 g/mol. The third-order valence-corrected chi connectivity index (χ3v) is 5.30. The first-order valence-corrected chi connectivity index (χ1v) is 10.00. The van der Waals surface area contributed by atoms with Crippen molar-refractivity contribution in [3.05, 3.63) is 0 Å². The van der Waals surface area contributed by atoms with Gasteiger partial charge in [-0.3, -0.25) is 9.69 Å². The van der Waals surface area contributed by atoms with E-state index >= 15 is 0 Å². The summed E-state index contributed by atoms with van der Waals surface area (Å²) in [5.74, 6) is 0.735. The molecule has 0 saturated carbocycles. The molecule has 1 amide bonds. The largest absolute Gasteiger partial charge is 0.353 e. The second-order valence-corrected chi connectivity index (χ2v) is 8.71. The lowest BCUT2D eigenvalue weighted by Crippen LogP contribution is -2.51. The summed E-state index contributed by atoms with van der Waals surface area (Å²) >= 11 is 0. The van der Waals surface area contributed by atoms with Gasteiger partial charge in [0, 0.05) is 32.2 Å². The molecule has 0 unspecified atom stereocenters. The summed E-state index contributed by atoms with van der Waals surface area (Å²) in [4.78, 5) is 14.0. The number of piperazine rings is 1. The van der Waals surface area contributed by atoms with Gasteiger partial charge in [-0.1, -0.05) is 26.7 Å².